The zero-order valence-corrected chi connectivity index (χ0v) is 13.6. The van der Waals surface area contributed by atoms with Crippen LogP contribution in [0.2, 0.25) is 0 Å². The zero-order chi connectivity index (χ0) is 17.0. The summed E-state index contributed by atoms with van der Waals surface area (Å²) in [6, 6.07) is 23.9. The minimum Gasteiger partial charge on any atom is -0.595 e. The summed E-state index contributed by atoms with van der Waals surface area (Å²) in [4.78, 5) is 0. The molecule has 0 spiro atoms. The van der Waals surface area contributed by atoms with E-state index in [1.54, 1.807) is 24.3 Å². The normalized spacial score (nSPS) is 12.6. The van der Waals surface area contributed by atoms with Gasteiger partial charge in [0.05, 0.1) is 10.6 Å². The highest BCUT2D eigenvalue weighted by molar-refractivity contribution is 7.74. The van der Waals surface area contributed by atoms with Crippen LogP contribution in [0.4, 0.5) is 5.69 Å². The number of benzene rings is 3. The van der Waals surface area contributed by atoms with Crippen molar-refractivity contribution >= 4 is 23.7 Å². The predicted octanol–water partition coefficient (Wildman–Crippen LogP) is 2.40. The molecule has 122 valence electrons. The number of quaternary nitrogens is 1. The number of hydrogen-bond acceptors (Lipinski definition) is 4. The van der Waals surface area contributed by atoms with Crippen LogP contribution in [0, 0.1) is 5.21 Å². The van der Waals surface area contributed by atoms with Crippen LogP contribution in [0.5, 0.6) is 5.75 Å². The van der Waals surface area contributed by atoms with Gasteiger partial charge in [0.15, 0.2) is 5.69 Å². The molecule has 1 atom stereocenters. The molecule has 24 heavy (non-hydrogen) atoms. The van der Waals surface area contributed by atoms with Gasteiger partial charge in [-0.1, -0.05) is 36.4 Å². The molecule has 0 aliphatic carbocycles. The molecule has 0 radical (unpaired) electrons. The SMILES string of the molecule is O=P(Oc1ccc([NH+]([O-])O)cc1)(c1ccccc1)c1ccccc1. The maximum absolute atomic E-state index is 13.7. The van der Waals surface area contributed by atoms with Crippen molar-refractivity contribution in [1.29, 1.82) is 0 Å². The van der Waals surface area contributed by atoms with Gasteiger partial charge in [0.2, 0.25) is 0 Å². The van der Waals surface area contributed by atoms with Gasteiger partial charge in [0.1, 0.15) is 5.75 Å². The lowest BCUT2D eigenvalue weighted by molar-refractivity contribution is -0.991. The van der Waals surface area contributed by atoms with Crippen molar-refractivity contribution in [3.8, 4) is 5.75 Å². The second kappa shape index (κ2) is 6.99. The van der Waals surface area contributed by atoms with Gasteiger partial charge in [-0.15, -0.1) is 0 Å². The first kappa shape index (κ1) is 16.4. The monoisotopic (exact) mass is 341 g/mol. The van der Waals surface area contributed by atoms with Crippen molar-refractivity contribution in [1.82, 2.24) is 0 Å². The molecule has 0 aliphatic rings. The Kier molecular flexibility index (Phi) is 4.79. The Balaban J connectivity index is 2.01. The fourth-order valence-electron chi connectivity index (χ4n) is 2.31. The average Bonchev–Trinajstić information content (AvgIpc) is 2.63. The summed E-state index contributed by atoms with van der Waals surface area (Å²) in [5.41, 5.74) is 0.150. The average molecular weight is 341 g/mol. The second-order valence-corrected chi connectivity index (χ2v) is 7.46. The van der Waals surface area contributed by atoms with Gasteiger partial charge in [-0.3, -0.25) is 4.57 Å². The standard InChI is InChI=1S/C18H16NO4P/c20-19(21)15-11-13-16(14-12-15)23-24(22,17-7-3-1-4-8-17)18-9-5-2-6-10-18/h1-14,19-20H. The van der Waals surface area contributed by atoms with E-state index in [1.165, 1.54) is 24.3 Å². The maximum Gasteiger partial charge on any atom is 0.306 e. The third-order valence-corrected chi connectivity index (χ3v) is 5.95. The molecule has 5 nitrogen and oxygen atoms in total. The van der Waals surface area contributed by atoms with E-state index >= 15 is 0 Å². The summed E-state index contributed by atoms with van der Waals surface area (Å²) in [7, 11) is -3.33. The molecule has 0 bridgehead atoms. The van der Waals surface area contributed by atoms with Gasteiger partial charge < -0.3 is 9.73 Å². The topological polar surface area (TPSA) is 74.0 Å². The molecule has 0 heterocycles. The van der Waals surface area contributed by atoms with E-state index in [0.717, 1.165) is 0 Å². The first-order valence-corrected chi connectivity index (χ1v) is 8.96. The zero-order valence-electron chi connectivity index (χ0n) is 12.7. The Morgan fingerprint density at radius 2 is 1.25 bits per heavy atom. The van der Waals surface area contributed by atoms with Crippen LogP contribution < -0.4 is 20.4 Å². The summed E-state index contributed by atoms with van der Waals surface area (Å²) >= 11 is 0. The highest BCUT2D eigenvalue weighted by Gasteiger charge is 2.29. The minimum absolute atomic E-state index is 0.150. The third kappa shape index (κ3) is 3.40. The summed E-state index contributed by atoms with van der Waals surface area (Å²) in [6.45, 7) is 0. The molecule has 0 amide bonds. The lowest BCUT2D eigenvalue weighted by atomic mass is 10.3. The van der Waals surface area contributed by atoms with Crippen LogP contribution in [-0.2, 0) is 4.57 Å². The van der Waals surface area contributed by atoms with E-state index < -0.39 is 12.6 Å². The maximum atomic E-state index is 13.7. The molecule has 6 heteroatoms. The molecular weight excluding hydrogens is 325 g/mol. The van der Waals surface area contributed by atoms with E-state index in [4.69, 9.17) is 9.73 Å². The van der Waals surface area contributed by atoms with Gasteiger partial charge >= 0.3 is 7.37 Å². The second-order valence-electron chi connectivity index (χ2n) is 5.14. The highest BCUT2D eigenvalue weighted by Crippen LogP contribution is 2.45. The smallest absolute Gasteiger partial charge is 0.306 e. The summed E-state index contributed by atoms with van der Waals surface area (Å²) in [6.07, 6.45) is 0. The van der Waals surface area contributed by atoms with Crippen LogP contribution in [0.3, 0.4) is 0 Å². The van der Waals surface area contributed by atoms with Crippen molar-refractivity contribution in [2.24, 2.45) is 0 Å². The van der Waals surface area contributed by atoms with Crippen LogP contribution in [0.15, 0.2) is 84.9 Å². The van der Waals surface area contributed by atoms with E-state index in [9.17, 15) is 9.77 Å². The fraction of sp³-hybridized carbons (Fsp3) is 0. The Morgan fingerprint density at radius 1 is 0.792 bits per heavy atom. The third-order valence-electron chi connectivity index (χ3n) is 3.53. The van der Waals surface area contributed by atoms with Gasteiger partial charge in [-0.25, -0.2) is 5.21 Å². The first-order valence-electron chi connectivity index (χ1n) is 7.34. The molecule has 1 unspecified atom stereocenters. The molecule has 0 saturated carbocycles. The lowest BCUT2D eigenvalue weighted by Crippen LogP contribution is -2.99. The Labute approximate surface area is 139 Å². The highest BCUT2D eigenvalue weighted by atomic mass is 31.2. The van der Waals surface area contributed by atoms with E-state index in [-0.39, 0.29) is 5.69 Å². The van der Waals surface area contributed by atoms with Crippen LogP contribution >= 0.6 is 7.37 Å². The van der Waals surface area contributed by atoms with Crippen LogP contribution in [-0.4, -0.2) is 5.21 Å². The van der Waals surface area contributed by atoms with E-state index in [1.807, 2.05) is 36.4 Å². The minimum atomic E-state index is -3.33. The largest absolute Gasteiger partial charge is 0.595 e. The molecule has 0 fully saturated rings. The van der Waals surface area contributed by atoms with Gasteiger partial charge in [-0.05, 0) is 36.4 Å². The molecule has 2 N–H and O–H groups in total. The Bertz CT molecular complexity index is 792. The molecule has 0 aromatic heterocycles. The lowest BCUT2D eigenvalue weighted by Gasteiger charge is -2.20. The summed E-state index contributed by atoms with van der Waals surface area (Å²) < 4.78 is 19.5. The summed E-state index contributed by atoms with van der Waals surface area (Å²) in [5.74, 6) is 0.357. The van der Waals surface area contributed by atoms with Crippen molar-refractivity contribution < 1.29 is 19.5 Å². The molecule has 3 aromatic rings. The number of rotatable bonds is 5. The first-order chi connectivity index (χ1) is 11.6. The van der Waals surface area contributed by atoms with Gasteiger partial charge in [0.25, 0.3) is 0 Å². The molecule has 0 saturated heterocycles. The molecule has 3 aromatic carbocycles. The van der Waals surface area contributed by atoms with Gasteiger partial charge in [0, 0.05) is 12.1 Å². The quantitative estimate of drug-likeness (QED) is 0.552. The van der Waals surface area contributed by atoms with Crippen LogP contribution in [0.1, 0.15) is 0 Å². The van der Waals surface area contributed by atoms with Crippen molar-refractivity contribution in [2.75, 3.05) is 0 Å². The Morgan fingerprint density at radius 3 is 1.67 bits per heavy atom. The summed E-state index contributed by atoms with van der Waals surface area (Å²) in [5, 5.41) is 20.1. The van der Waals surface area contributed by atoms with Crippen molar-refractivity contribution in [3.63, 3.8) is 0 Å². The van der Waals surface area contributed by atoms with E-state index in [0.29, 0.717) is 16.4 Å². The van der Waals surface area contributed by atoms with Crippen LogP contribution in [0.25, 0.3) is 0 Å². The fourth-order valence-corrected chi connectivity index (χ4v) is 4.37. The van der Waals surface area contributed by atoms with Crippen molar-refractivity contribution in [2.45, 2.75) is 0 Å². The Hall–Kier alpha value is -2.43. The molecular formula is C18H16NO4P. The number of nitrogens with one attached hydrogen (secondary N) is 1. The van der Waals surface area contributed by atoms with Crippen molar-refractivity contribution in [3.05, 3.63) is 90.1 Å². The number of hydrogen-bond donors (Lipinski definition) is 2. The van der Waals surface area contributed by atoms with Gasteiger partial charge in [-0.2, -0.15) is 5.23 Å². The predicted molar refractivity (Wildman–Crippen MR) is 92.6 cm³/mol. The molecule has 3 rings (SSSR count). The van der Waals surface area contributed by atoms with E-state index in [2.05, 4.69) is 0 Å². The molecule has 0 aliphatic heterocycles.